The Labute approximate surface area is 128 Å². The lowest BCUT2D eigenvalue weighted by Gasteiger charge is -2.29. The zero-order chi connectivity index (χ0) is 14.5. The number of hydrogen-bond acceptors (Lipinski definition) is 3. The third kappa shape index (κ3) is 3.91. The van der Waals surface area contributed by atoms with Gasteiger partial charge in [-0.1, -0.05) is 26.7 Å². The van der Waals surface area contributed by atoms with E-state index < -0.39 is 0 Å². The van der Waals surface area contributed by atoms with Gasteiger partial charge in [-0.05, 0) is 49.5 Å². The van der Waals surface area contributed by atoms with Crippen molar-refractivity contribution in [3.63, 3.8) is 0 Å². The summed E-state index contributed by atoms with van der Waals surface area (Å²) in [5.74, 6) is 2.77. The molecular weight excluding hydrogens is 268 g/mol. The number of nitrogens with zero attached hydrogens (tertiary/aromatic N) is 1. The number of carbonyl (C=O) groups is 1. The highest BCUT2D eigenvalue weighted by atomic mass is 32.2. The second-order valence-electron chi connectivity index (χ2n) is 6.72. The van der Waals surface area contributed by atoms with Gasteiger partial charge in [0.2, 0.25) is 5.91 Å². The summed E-state index contributed by atoms with van der Waals surface area (Å²) in [6, 6.07) is 0.0647. The maximum absolute atomic E-state index is 12.7. The Morgan fingerprint density at radius 3 is 2.65 bits per heavy atom. The number of hydrogen-bond donors (Lipinski definition) is 1. The van der Waals surface area contributed by atoms with Gasteiger partial charge >= 0.3 is 0 Å². The van der Waals surface area contributed by atoms with Crippen molar-refractivity contribution in [3.8, 4) is 0 Å². The smallest absolute Gasteiger partial charge is 0.241 e. The van der Waals surface area contributed by atoms with Gasteiger partial charge in [-0.25, -0.2) is 0 Å². The SMILES string of the molecule is CSCCCN1C(=O)C(CC(C)C)NC1C1CCCC1. The molecule has 0 bridgehead atoms. The van der Waals surface area contributed by atoms with E-state index in [1.54, 1.807) is 0 Å². The van der Waals surface area contributed by atoms with Crippen molar-refractivity contribution in [2.45, 2.75) is 64.6 Å². The molecule has 1 saturated carbocycles. The van der Waals surface area contributed by atoms with Gasteiger partial charge in [0, 0.05) is 6.54 Å². The first kappa shape index (κ1) is 16.2. The summed E-state index contributed by atoms with van der Waals surface area (Å²) in [5.41, 5.74) is 0. The minimum Gasteiger partial charge on any atom is -0.325 e. The molecule has 2 atom stereocenters. The number of carbonyl (C=O) groups excluding carboxylic acids is 1. The van der Waals surface area contributed by atoms with Crippen LogP contribution in [0.3, 0.4) is 0 Å². The molecule has 0 aromatic heterocycles. The van der Waals surface area contributed by atoms with Crippen molar-refractivity contribution >= 4 is 17.7 Å². The quantitative estimate of drug-likeness (QED) is 0.733. The molecule has 2 aliphatic rings. The molecule has 3 nitrogen and oxygen atoms in total. The van der Waals surface area contributed by atoms with E-state index in [0.717, 1.165) is 25.1 Å². The van der Waals surface area contributed by atoms with Gasteiger partial charge in [0.25, 0.3) is 0 Å². The molecule has 1 saturated heterocycles. The Morgan fingerprint density at radius 2 is 2.05 bits per heavy atom. The van der Waals surface area contributed by atoms with Crippen molar-refractivity contribution in [3.05, 3.63) is 0 Å². The topological polar surface area (TPSA) is 32.3 Å². The first-order valence-corrected chi connectivity index (χ1v) is 9.58. The summed E-state index contributed by atoms with van der Waals surface area (Å²) in [6.07, 6.45) is 9.80. The lowest BCUT2D eigenvalue weighted by molar-refractivity contribution is -0.130. The largest absolute Gasteiger partial charge is 0.325 e. The number of rotatable bonds is 7. The molecule has 4 heteroatoms. The molecule has 2 fully saturated rings. The van der Waals surface area contributed by atoms with Crippen LogP contribution in [0.25, 0.3) is 0 Å². The molecular formula is C16H30N2OS. The van der Waals surface area contributed by atoms with Crippen LogP contribution in [0.2, 0.25) is 0 Å². The summed E-state index contributed by atoms with van der Waals surface area (Å²) in [6.45, 7) is 5.34. The van der Waals surface area contributed by atoms with Crippen molar-refractivity contribution in [2.75, 3.05) is 18.6 Å². The Bertz CT molecular complexity index is 316. The van der Waals surface area contributed by atoms with E-state index in [4.69, 9.17) is 0 Å². The average Bonchev–Trinajstić information content (AvgIpc) is 3.01. The van der Waals surface area contributed by atoms with Crippen LogP contribution < -0.4 is 5.32 Å². The maximum Gasteiger partial charge on any atom is 0.241 e. The van der Waals surface area contributed by atoms with Gasteiger partial charge in [0.1, 0.15) is 0 Å². The molecule has 1 amide bonds. The average molecular weight is 298 g/mol. The molecule has 1 N–H and O–H groups in total. The molecule has 1 aliphatic heterocycles. The minimum atomic E-state index is 0.0647. The van der Waals surface area contributed by atoms with Crippen molar-refractivity contribution in [1.82, 2.24) is 10.2 Å². The predicted molar refractivity (Wildman–Crippen MR) is 86.8 cm³/mol. The second kappa shape index (κ2) is 7.69. The summed E-state index contributed by atoms with van der Waals surface area (Å²) in [4.78, 5) is 14.8. The van der Waals surface area contributed by atoms with Crippen LogP contribution in [0.5, 0.6) is 0 Å². The normalized spacial score (nSPS) is 28.0. The Kier molecular flexibility index (Phi) is 6.21. The van der Waals surface area contributed by atoms with Crippen LogP contribution in [0.4, 0.5) is 0 Å². The fraction of sp³-hybridized carbons (Fsp3) is 0.938. The number of nitrogens with one attached hydrogen (secondary N) is 1. The van der Waals surface area contributed by atoms with E-state index in [2.05, 4.69) is 30.3 Å². The van der Waals surface area contributed by atoms with Crippen molar-refractivity contribution < 1.29 is 4.79 Å². The van der Waals surface area contributed by atoms with E-state index in [1.165, 1.54) is 25.7 Å². The number of amides is 1. The fourth-order valence-electron chi connectivity index (χ4n) is 3.64. The molecule has 116 valence electrons. The Balaban J connectivity index is 1.99. The molecule has 2 unspecified atom stereocenters. The van der Waals surface area contributed by atoms with E-state index in [-0.39, 0.29) is 6.04 Å². The van der Waals surface area contributed by atoms with E-state index in [1.807, 2.05) is 11.8 Å². The van der Waals surface area contributed by atoms with Crippen LogP contribution in [0.15, 0.2) is 0 Å². The Hall–Kier alpha value is -0.220. The molecule has 2 rings (SSSR count). The van der Waals surface area contributed by atoms with Gasteiger partial charge < -0.3 is 4.90 Å². The van der Waals surface area contributed by atoms with Gasteiger partial charge in [-0.3, -0.25) is 10.1 Å². The molecule has 0 aromatic carbocycles. The maximum atomic E-state index is 12.7. The van der Waals surface area contributed by atoms with Crippen LogP contribution in [-0.4, -0.2) is 41.6 Å². The van der Waals surface area contributed by atoms with Crippen LogP contribution in [-0.2, 0) is 4.79 Å². The van der Waals surface area contributed by atoms with E-state index in [9.17, 15) is 4.79 Å². The third-order valence-electron chi connectivity index (χ3n) is 4.59. The van der Waals surface area contributed by atoms with Crippen molar-refractivity contribution in [2.24, 2.45) is 11.8 Å². The van der Waals surface area contributed by atoms with Crippen LogP contribution >= 0.6 is 11.8 Å². The van der Waals surface area contributed by atoms with Crippen molar-refractivity contribution in [1.29, 1.82) is 0 Å². The molecule has 1 heterocycles. The van der Waals surface area contributed by atoms with Crippen LogP contribution in [0.1, 0.15) is 52.4 Å². The molecule has 0 aromatic rings. The lowest BCUT2D eigenvalue weighted by Crippen LogP contribution is -2.43. The van der Waals surface area contributed by atoms with E-state index >= 15 is 0 Å². The highest BCUT2D eigenvalue weighted by molar-refractivity contribution is 7.98. The van der Waals surface area contributed by atoms with Gasteiger partial charge in [-0.15, -0.1) is 0 Å². The standard InChI is InChI=1S/C16H30N2OS/c1-12(2)11-14-16(19)18(9-6-10-20-3)15(17-14)13-7-4-5-8-13/h12-15,17H,4-11H2,1-3H3. The first-order valence-electron chi connectivity index (χ1n) is 8.19. The van der Waals surface area contributed by atoms with Crippen LogP contribution in [0, 0.1) is 11.8 Å². The Morgan fingerprint density at radius 1 is 1.35 bits per heavy atom. The predicted octanol–water partition coefficient (Wildman–Crippen LogP) is 3.10. The summed E-state index contributed by atoms with van der Waals surface area (Å²) in [7, 11) is 0. The molecule has 20 heavy (non-hydrogen) atoms. The minimum absolute atomic E-state index is 0.0647. The molecule has 1 aliphatic carbocycles. The summed E-state index contributed by atoms with van der Waals surface area (Å²) in [5, 5.41) is 3.66. The van der Waals surface area contributed by atoms with E-state index in [0.29, 0.717) is 23.9 Å². The monoisotopic (exact) mass is 298 g/mol. The second-order valence-corrected chi connectivity index (χ2v) is 7.70. The molecule has 0 spiro atoms. The number of thioether (sulfide) groups is 1. The van der Waals surface area contributed by atoms with Gasteiger partial charge in [0.15, 0.2) is 0 Å². The zero-order valence-corrected chi connectivity index (χ0v) is 14.0. The fourth-order valence-corrected chi connectivity index (χ4v) is 4.05. The van der Waals surface area contributed by atoms with Gasteiger partial charge in [0.05, 0.1) is 12.2 Å². The third-order valence-corrected chi connectivity index (χ3v) is 5.29. The molecule has 0 radical (unpaired) electrons. The highest BCUT2D eigenvalue weighted by Crippen LogP contribution is 2.33. The van der Waals surface area contributed by atoms with Gasteiger partial charge in [-0.2, -0.15) is 11.8 Å². The lowest BCUT2D eigenvalue weighted by atomic mass is 10.0. The highest BCUT2D eigenvalue weighted by Gasteiger charge is 2.42. The zero-order valence-electron chi connectivity index (χ0n) is 13.2. The summed E-state index contributed by atoms with van der Waals surface area (Å²) < 4.78 is 0. The summed E-state index contributed by atoms with van der Waals surface area (Å²) >= 11 is 1.87. The first-order chi connectivity index (χ1) is 9.63.